The Hall–Kier alpha value is -2.49. The summed E-state index contributed by atoms with van der Waals surface area (Å²) in [5, 5.41) is 17.3. The Morgan fingerprint density at radius 1 is 1.20 bits per heavy atom. The van der Waals surface area contributed by atoms with Crippen LogP contribution in [0.4, 0.5) is 24.5 Å². The van der Waals surface area contributed by atoms with E-state index in [-0.39, 0.29) is 6.54 Å². The van der Waals surface area contributed by atoms with Crippen molar-refractivity contribution in [2.24, 2.45) is 4.99 Å². The quantitative estimate of drug-likeness (QED) is 0.652. The van der Waals surface area contributed by atoms with Crippen LogP contribution in [0.5, 0.6) is 0 Å². The van der Waals surface area contributed by atoms with Crippen molar-refractivity contribution in [3.63, 3.8) is 0 Å². The van der Waals surface area contributed by atoms with E-state index in [1.54, 1.807) is 24.3 Å². The zero-order valence-electron chi connectivity index (χ0n) is 13.4. The van der Waals surface area contributed by atoms with Crippen LogP contribution in [0.25, 0.3) is 0 Å². The molecule has 2 rings (SSSR count). The number of benzene rings is 1. The maximum absolute atomic E-state index is 12.0. The lowest BCUT2D eigenvalue weighted by molar-refractivity contribution is -0.173. The molecule has 1 aliphatic rings. The Morgan fingerprint density at radius 2 is 1.92 bits per heavy atom. The number of nitrogens with zero attached hydrogens (tertiary/aromatic N) is 2. The molecule has 1 amide bonds. The fourth-order valence-electron chi connectivity index (χ4n) is 2.23. The predicted octanol–water partition coefficient (Wildman–Crippen LogP) is 2.52. The van der Waals surface area contributed by atoms with E-state index in [4.69, 9.17) is 0 Å². The molecule has 0 saturated heterocycles. The Balaban J connectivity index is 1.61. The van der Waals surface area contributed by atoms with Crippen molar-refractivity contribution >= 4 is 23.2 Å². The van der Waals surface area contributed by atoms with Crippen LogP contribution in [0, 0.1) is 5.21 Å². The van der Waals surface area contributed by atoms with Crippen LogP contribution < -0.4 is 21.2 Å². The predicted molar refractivity (Wildman–Crippen MR) is 88.9 cm³/mol. The fraction of sp³-hybridized carbons (Fsp3) is 0.467. The van der Waals surface area contributed by atoms with E-state index in [9.17, 15) is 23.2 Å². The number of unbranched alkanes of at least 4 members (excludes halogenated alkanes) is 3. The first-order valence-corrected chi connectivity index (χ1v) is 7.87. The number of anilines is 2. The van der Waals surface area contributed by atoms with Gasteiger partial charge in [-0.25, -0.2) is 0 Å². The topological polar surface area (TPSA) is 91.8 Å². The highest BCUT2D eigenvalue weighted by atomic mass is 19.4. The molecule has 0 aliphatic carbocycles. The Kier molecular flexibility index (Phi) is 6.45. The molecule has 1 aromatic carbocycles. The van der Waals surface area contributed by atoms with Gasteiger partial charge in [0.05, 0.1) is 11.4 Å². The number of aliphatic imine (C=N–C) groups is 1. The molecule has 138 valence electrons. The third kappa shape index (κ3) is 5.82. The van der Waals surface area contributed by atoms with Gasteiger partial charge < -0.3 is 21.0 Å². The molecule has 0 atom stereocenters. The molecule has 7 nitrogen and oxygen atoms in total. The van der Waals surface area contributed by atoms with E-state index >= 15 is 0 Å². The summed E-state index contributed by atoms with van der Waals surface area (Å²) in [6, 6.07) is 7.01. The number of hydrogen-bond acceptors (Lipinski definition) is 4. The molecular weight excluding hydrogens is 339 g/mol. The van der Waals surface area contributed by atoms with E-state index < -0.39 is 12.1 Å². The molecule has 10 heteroatoms. The van der Waals surface area contributed by atoms with E-state index in [0.717, 1.165) is 12.8 Å². The number of carbonyl (C=O) groups is 1. The summed E-state index contributed by atoms with van der Waals surface area (Å²) in [4.78, 5) is 14.8. The highest BCUT2D eigenvalue weighted by molar-refractivity contribution is 6.00. The number of halogens is 3. The van der Waals surface area contributed by atoms with E-state index in [0.29, 0.717) is 41.9 Å². The molecule has 25 heavy (non-hydrogen) atoms. The summed E-state index contributed by atoms with van der Waals surface area (Å²) >= 11 is 0. The van der Waals surface area contributed by atoms with Crippen LogP contribution in [0.15, 0.2) is 29.3 Å². The number of hydrogen-bond donors (Lipinski definition) is 3. The van der Waals surface area contributed by atoms with Crippen molar-refractivity contribution in [2.45, 2.75) is 31.9 Å². The second-order valence-electron chi connectivity index (χ2n) is 5.45. The number of carbonyl (C=O) groups excluding carboxylic acids is 1. The number of para-hydroxylation sites is 2. The maximum Gasteiger partial charge on any atom is 0.471 e. The van der Waals surface area contributed by atoms with Crippen molar-refractivity contribution < 1.29 is 18.0 Å². The third-order valence-corrected chi connectivity index (χ3v) is 3.48. The molecule has 0 bridgehead atoms. The first kappa shape index (κ1) is 18.8. The normalized spacial score (nSPS) is 15.4. The maximum atomic E-state index is 12.0. The van der Waals surface area contributed by atoms with Crippen molar-refractivity contribution in [1.29, 1.82) is 0 Å². The van der Waals surface area contributed by atoms with Gasteiger partial charge >= 0.3 is 12.1 Å². The fourth-order valence-corrected chi connectivity index (χ4v) is 2.23. The molecule has 1 heterocycles. The molecular formula is C15H19F3N5O2-. The molecule has 3 N–H and O–H groups in total. The lowest BCUT2D eigenvalue weighted by atomic mass is 10.2. The van der Waals surface area contributed by atoms with Gasteiger partial charge in [0.2, 0.25) is 5.96 Å². The second kappa shape index (κ2) is 8.56. The van der Waals surface area contributed by atoms with Gasteiger partial charge in [0.15, 0.2) is 0 Å². The van der Waals surface area contributed by atoms with Gasteiger partial charge in [0.25, 0.3) is 0 Å². The van der Waals surface area contributed by atoms with Gasteiger partial charge in [-0.15, -0.1) is 0 Å². The SMILES string of the molecule is O=C(NCCCCCCN=C1Nc2ccccc2N([O-])N1)C(F)(F)F. The van der Waals surface area contributed by atoms with Crippen LogP contribution in [0.2, 0.25) is 0 Å². The number of nitrogens with one attached hydrogen (secondary N) is 3. The van der Waals surface area contributed by atoms with Crippen molar-refractivity contribution in [3.8, 4) is 0 Å². The molecule has 0 aromatic heterocycles. The highest BCUT2D eigenvalue weighted by Crippen LogP contribution is 2.26. The largest absolute Gasteiger partial charge is 0.739 e. The summed E-state index contributed by atoms with van der Waals surface area (Å²) < 4.78 is 35.9. The average Bonchev–Trinajstić information content (AvgIpc) is 2.56. The van der Waals surface area contributed by atoms with Crippen molar-refractivity contribution in [2.75, 3.05) is 23.6 Å². The van der Waals surface area contributed by atoms with Gasteiger partial charge in [-0.3, -0.25) is 15.2 Å². The lowest BCUT2D eigenvalue weighted by Crippen LogP contribution is -2.46. The summed E-state index contributed by atoms with van der Waals surface area (Å²) in [6.07, 6.45) is -2.20. The van der Waals surface area contributed by atoms with Gasteiger partial charge in [-0.1, -0.05) is 25.0 Å². The minimum absolute atomic E-state index is 0.00209. The Morgan fingerprint density at radius 3 is 2.68 bits per heavy atom. The average molecular weight is 358 g/mol. The lowest BCUT2D eigenvalue weighted by Gasteiger charge is -2.38. The van der Waals surface area contributed by atoms with Crippen LogP contribution in [-0.4, -0.2) is 31.1 Å². The zero-order valence-corrected chi connectivity index (χ0v) is 13.4. The number of fused-ring (bicyclic) bond motifs is 1. The second-order valence-corrected chi connectivity index (χ2v) is 5.45. The summed E-state index contributed by atoms with van der Waals surface area (Å²) in [5.74, 6) is -1.55. The molecule has 1 aliphatic heterocycles. The molecule has 0 fully saturated rings. The van der Waals surface area contributed by atoms with E-state index in [1.165, 1.54) is 0 Å². The number of amides is 1. The third-order valence-electron chi connectivity index (χ3n) is 3.48. The molecule has 0 radical (unpaired) electrons. The van der Waals surface area contributed by atoms with Gasteiger partial charge in [0.1, 0.15) is 0 Å². The van der Waals surface area contributed by atoms with Crippen LogP contribution >= 0.6 is 0 Å². The monoisotopic (exact) mass is 358 g/mol. The van der Waals surface area contributed by atoms with Crippen molar-refractivity contribution in [3.05, 3.63) is 29.5 Å². The Bertz CT molecular complexity index is 621. The van der Waals surface area contributed by atoms with Gasteiger partial charge in [0, 0.05) is 13.1 Å². The molecule has 0 unspecified atom stereocenters. The van der Waals surface area contributed by atoms with Crippen LogP contribution in [0.3, 0.4) is 0 Å². The summed E-state index contributed by atoms with van der Waals surface area (Å²) in [5.41, 5.74) is 3.71. The number of guanidine groups is 1. The van der Waals surface area contributed by atoms with Crippen LogP contribution in [-0.2, 0) is 4.79 Å². The zero-order chi connectivity index (χ0) is 18.3. The van der Waals surface area contributed by atoms with Crippen LogP contribution in [0.1, 0.15) is 25.7 Å². The van der Waals surface area contributed by atoms with Gasteiger partial charge in [-0.05, 0) is 25.0 Å². The number of rotatable bonds is 7. The first-order chi connectivity index (χ1) is 11.9. The smallest absolute Gasteiger partial charge is 0.471 e. The minimum Gasteiger partial charge on any atom is -0.739 e. The standard InChI is InChI=1S/C15H19F3N5O2/c16-15(17,18)13(24)19-9-5-1-2-6-10-20-14-21-11-7-3-4-8-12(11)23(25)22-14/h3-4,7-8H,1-2,5-6,9-10H2,(H,19,24)(H2,20,21,22)/q-1. The highest BCUT2D eigenvalue weighted by Gasteiger charge is 2.38. The molecule has 0 spiro atoms. The van der Waals surface area contributed by atoms with E-state index in [2.05, 4.69) is 15.7 Å². The summed E-state index contributed by atoms with van der Waals surface area (Å²) in [7, 11) is 0. The Labute approximate surface area is 142 Å². The van der Waals surface area contributed by atoms with Crippen molar-refractivity contribution in [1.82, 2.24) is 10.7 Å². The van der Waals surface area contributed by atoms with E-state index in [1.807, 2.05) is 5.32 Å². The van der Waals surface area contributed by atoms with Gasteiger partial charge in [-0.2, -0.15) is 13.2 Å². The summed E-state index contributed by atoms with van der Waals surface area (Å²) in [6.45, 7) is 0.470. The number of alkyl halides is 3. The number of hydrazine groups is 1. The first-order valence-electron chi connectivity index (χ1n) is 7.87. The molecule has 1 aromatic rings. The molecule has 0 saturated carbocycles. The minimum atomic E-state index is -4.83.